The fourth-order valence-corrected chi connectivity index (χ4v) is 2.17. The largest absolute Gasteiger partial charge is 0.380 e. The lowest BCUT2D eigenvalue weighted by molar-refractivity contribution is 0.185. The van der Waals surface area contributed by atoms with Crippen molar-refractivity contribution in [1.29, 1.82) is 0 Å². The minimum atomic E-state index is 0.647. The number of hydrogen-bond acceptors (Lipinski definition) is 4. The third-order valence-corrected chi connectivity index (χ3v) is 2.87. The number of nitrogens with zero attached hydrogens (tertiary/aromatic N) is 3. The lowest BCUT2D eigenvalue weighted by atomic mass is 10.3. The van der Waals surface area contributed by atoms with Crippen LogP contribution in [0.3, 0.4) is 0 Å². The van der Waals surface area contributed by atoms with Gasteiger partial charge in [-0.25, -0.2) is 0 Å². The van der Waals surface area contributed by atoms with E-state index in [9.17, 15) is 0 Å². The molecule has 0 bridgehead atoms. The van der Waals surface area contributed by atoms with E-state index in [0.29, 0.717) is 6.61 Å². The molecule has 0 amide bonds. The van der Waals surface area contributed by atoms with Crippen LogP contribution in [0.25, 0.3) is 10.7 Å². The zero-order chi connectivity index (χ0) is 9.97. The summed E-state index contributed by atoms with van der Waals surface area (Å²) >= 11 is 1.66. The highest BCUT2D eigenvalue weighted by Gasteiger charge is 2.07. The van der Waals surface area contributed by atoms with Crippen LogP contribution >= 0.6 is 11.3 Å². The summed E-state index contributed by atoms with van der Waals surface area (Å²) in [5.74, 6) is 0.900. The van der Waals surface area contributed by atoms with E-state index in [1.807, 2.05) is 11.6 Å². The van der Waals surface area contributed by atoms with E-state index in [-0.39, 0.29) is 0 Å². The van der Waals surface area contributed by atoms with Crippen LogP contribution in [-0.2, 0) is 18.4 Å². The second-order valence-electron chi connectivity index (χ2n) is 3.02. The number of aryl methyl sites for hydroxylation is 1. The molecule has 0 radical (unpaired) electrons. The Morgan fingerprint density at radius 2 is 2.43 bits per heavy atom. The Bertz CT molecular complexity index is 421. The molecule has 0 N–H and O–H groups in total. The molecule has 0 fully saturated rings. The van der Waals surface area contributed by atoms with Gasteiger partial charge in [0.2, 0.25) is 0 Å². The summed E-state index contributed by atoms with van der Waals surface area (Å²) in [6, 6.07) is 2.08. The van der Waals surface area contributed by atoms with E-state index in [1.54, 1.807) is 24.8 Å². The predicted octanol–water partition coefficient (Wildman–Crippen LogP) is 1.69. The molecule has 0 aliphatic heterocycles. The summed E-state index contributed by atoms with van der Waals surface area (Å²) in [7, 11) is 3.63. The summed E-state index contributed by atoms with van der Waals surface area (Å²) in [5, 5.41) is 9.96. The molecular formula is C9H11N3OS. The highest BCUT2D eigenvalue weighted by atomic mass is 32.1. The lowest BCUT2D eigenvalue weighted by Crippen LogP contribution is -1.88. The minimum absolute atomic E-state index is 0.647. The smallest absolute Gasteiger partial charge is 0.173 e. The van der Waals surface area contributed by atoms with E-state index < -0.39 is 0 Å². The molecule has 0 atom stereocenters. The van der Waals surface area contributed by atoms with Crippen LogP contribution in [0.1, 0.15) is 5.56 Å². The van der Waals surface area contributed by atoms with Gasteiger partial charge in [0.05, 0.1) is 11.5 Å². The van der Waals surface area contributed by atoms with Gasteiger partial charge >= 0.3 is 0 Å². The molecule has 0 aliphatic carbocycles. The Morgan fingerprint density at radius 1 is 1.57 bits per heavy atom. The topological polar surface area (TPSA) is 39.9 Å². The second-order valence-corrected chi connectivity index (χ2v) is 3.93. The normalized spacial score (nSPS) is 10.7. The second kappa shape index (κ2) is 3.89. The highest BCUT2D eigenvalue weighted by Crippen LogP contribution is 2.25. The van der Waals surface area contributed by atoms with Crippen molar-refractivity contribution in [3.63, 3.8) is 0 Å². The zero-order valence-corrected chi connectivity index (χ0v) is 8.91. The van der Waals surface area contributed by atoms with Gasteiger partial charge in [-0.3, -0.25) is 0 Å². The monoisotopic (exact) mass is 209 g/mol. The van der Waals surface area contributed by atoms with Gasteiger partial charge in [-0.1, -0.05) is 0 Å². The third-order valence-electron chi connectivity index (χ3n) is 1.90. The Labute approximate surface area is 86.2 Å². The lowest BCUT2D eigenvalue weighted by Gasteiger charge is -1.94. The average Bonchev–Trinajstić information content (AvgIpc) is 2.74. The Balaban J connectivity index is 2.29. The quantitative estimate of drug-likeness (QED) is 0.772. The summed E-state index contributed by atoms with van der Waals surface area (Å²) in [6.45, 7) is 0.647. The van der Waals surface area contributed by atoms with Crippen molar-refractivity contribution in [3.05, 3.63) is 23.3 Å². The molecule has 0 saturated carbocycles. The first-order chi connectivity index (χ1) is 6.81. The van der Waals surface area contributed by atoms with Crippen LogP contribution in [0.2, 0.25) is 0 Å². The van der Waals surface area contributed by atoms with Gasteiger partial charge in [0, 0.05) is 14.2 Å². The Morgan fingerprint density at radius 3 is 3.07 bits per heavy atom. The van der Waals surface area contributed by atoms with Gasteiger partial charge in [0.1, 0.15) is 6.33 Å². The first-order valence-corrected chi connectivity index (χ1v) is 5.10. The van der Waals surface area contributed by atoms with E-state index in [4.69, 9.17) is 4.74 Å². The Hall–Kier alpha value is -1.20. The van der Waals surface area contributed by atoms with Crippen molar-refractivity contribution in [1.82, 2.24) is 14.8 Å². The van der Waals surface area contributed by atoms with Crippen molar-refractivity contribution >= 4 is 11.3 Å². The van der Waals surface area contributed by atoms with Crippen molar-refractivity contribution < 1.29 is 4.74 Å². The molecular weight excluding hydrogens is 198 g/mol. The first-order valence-electron chi connectivity index (χ1n) is 4.22. The molecule has 2 aromatic rings. The first kappa shape index (κ1) is 9.36. The SMILES string of the molecule is COCc1csc(-c2nncn2C)c1. The van der Waals surface area contributed by atoms with Crippen LogP contribution in [0.4, 0.5) is 0 Å². The summed E-state index contributed by atoms with van der Waals surface area (Å²) < 4.78 is 6.96. The molecule has 2 rings (SSSR count). The molecule has 0 aliphatic rings. The van der Waals surface area contributed by atoms with E-state index in [0.717, 1.165) is 10.7 Å². The molecule has 5 heteroatoms. The molecule has 0 saturated heterocycles. The maximum atomic E-state index is 5.05. The molecule has 0 aromatic carbocycles. The number of ether oxygens (including phenoxy) is 1. The fraction of sp³-hybridized carbons (Fsp3) is 0.333. The summed E-state index contributed by atoms with van der Waals surface area (Å²) in [6.07, 6.45) is 1.70. The standard InChI is InChI=1S/C9H11N3OS/c1-12-6-10-11-9(12)8-3-7(4-13-2)5-14-8/h3,5-6H,4H2,1-2H3. The molecule has 2 aromatic heterocycles. The maximum absolute atomic E-state index is 5.05. The molecule has 4 nitrogen and oxygen atoms in total. The Kier molecular flexibility index (Phi) is 2.60. The van der Waals surface area contributed by atoms with Crippen LogP contribution in [0.15, 0.2) is 17.8 Å². The average molecular weight is 209 g/mol. The van der Waals surface area contributed by atoms with Gasteiger partial charge in [-0.05, 0) is 17.0 Å². The maximum Gasteiger partial charge on any atom is 0.173 e. The molecule has 74 valence electrons. The predicted molar refractivity (Wildman–Crippen MR) is 55.0 cm³/mol. The number of rotatable bonds is 3. The molecule has 2 heterocycles. The van der Waals surface area contributed by atoms with Gasteiger partial charge in [-0.2, -0.15) is 0 Å². The number of hydrogen-bond donors (Lipinski definition) is 0. The minimum Gasteiger partial charge on any atom is -0.380 e. The van der Waals surface area contributed by atoms with Crippen molar-refractivity contribution in [2.75, 3.05) is 7.11 Å². The van der Waals surface area contributed by atoms with E-state index in [1.165, 1.54) is 5.56 Å². The van der Waals surface area contributed by atoms with E-state index >= 15 is 0 Å². The van der Waals surface area contributed by atoms with Gasteiger partial charge < -0.3 is 9.30 Å². The summed E-state index contributed by atoms with van der Waals surface area (Å²) in [4.78, 5) is 1.12. The van der Waals surface area contributed by atoms with Crippen LogP contribution < -0.4 is 0 Å². The number of thiophene rings is 1. The third kappa shape index (κ3) is 1.69. The number of methoxy groups -OCH3 is 1. The van der Waals surface area contributed by atoms with Crippen molar-refractivity contribution in [2.45, 2.75) is 6.61 Å². The van der Waals surface area contributed by atoms with Crippen LogP contribution in [0.5, 0.6) is 0 Å². The van der Waals surface area contributed by atoms with Crippen LogP contribution in [-0.4, -0.2) is 21.9 Å². The van der Waals surface area contributed by atoms with Gasteiger partial charge in [0.25, 0.3) is 0 Å². The molecule has 0 spiro atoms. The fourth-order valence-electron chi connectivity index (χ4n) is 1.24. The van der Waals surface area contributed by atoms with Crippen molar-refractivity contribution in [3.8, 4) is 10.7 Å². The molecule has 14 heavy (non-hydrogen) atoms. The van der Waals surface area contributed by atoms with Gasteiger partial charge in [0.15, 0.2) is 5.82 Å². The van der Waals surface area contributed by atoms with Crippen molar-refractivity contribution in [2.24, 2.45) is 7.05 Å². The summed E-state index contributed by atoms with van der Waals surface area (Å²) in [5.41, 5.74) is 1.18. The highest BCUT2D eigenvalue weighted by molar-refractivity contribution is 7.13. The molecule has 0 unspecified atom stereocenters. The van der Waals surface area contributed by atoms with Crippen LogP contribution in [0, 0.1) is 0 Å². The zero-order valence-electron chi connectivity index (χ0n) is 8.10. The number of aromatic nitrogens is 3. The van der Waals surface area contributed by atoms with Gasteiger partial charge in [-0.15, -0.1) is 21.5 Å². The van der Waals surface area contributed by atoms with E-state index in [2.05, 4.69) is 21.6 Å².